The maximum absolute atomic E-state index is 14.8. The third-order valence-corrected chi connectivity index (χ3v) is 4.83. The molecule has 0 radical (unpaired) electrons. The summed E-state index contributed by atoms with van der Waals surface area (Å²) in [6.07, 6.45) is 0.346. The fourth-order valence-corrected chi connectivity index (χ4v) is 3.26. The molecule has 0 heterocycles. The highest BCUT2D eigenvalue weighted by Crippen LogP contribution is 2.31. The van der Waals surface area contributed by atoms with Crippen molar-refractivity contribution in [1.29, 1.82) is 0 Å². The second-order valence-corrected chi connectivity index (χ2v) is 7.18. The van der Waals surface area contributed by atoms with Gasteiger partial charge in [-0.2, -0.15) is 13.2 Å². The van der Waals surface area contributed by atoms with E-state index >= 15 is 0 Å². The third kappa shape index (κ3) is 6.04. The highest BCUT2D eigenvalue weighted by atomic mass is 19.4. The van der Waals surface area contributed by atoms with E-state index < -0.39 is 35.0 Å². The average molecular weight is 462 g/mol. The van der Waals surface area contributed by atoms with Gasteiger partial charge in [0.15, 0.2) is 0 Å². The molecule has 170 valence electrons. The maximum atomic E-state index is 14.8. The van der Waals surface area contributed by atoms with Crippen molar-refractivity contribution in [1.82, 2.24) is 0 Å². The first-order valence-corrected chi connectivity index (χ1v) is 9.88. The summed E-state index contributed by atoms with van der Waals surface area (Å²) in [6.45, 7) is 1.89. The van der Waals surface area contributed by atoms with Crippen LogP contribution in [0.5, 0.6) is 0 Å². The van der Waals surface area contributed by atoms with Crippen molar-refractivity contribution in [2.45, 2.75) is 25.9 Å². The third-order valence-electron chi connectivity index (χ3n) is 4.83. The highest BCUT2D eigenvalue weighted by Gasteiger charge is 2.24. The summed E-state index contributed by atoms with van der Waals surface area (Å²) in [7, 11) is 0. The minimum atomic E-state index is -4.92. The van der Waals surface area contributed by atoms with Gasteiger partial charge in [0.25, 0.3) is 0 Å². The summed E-state index contributed by atoms with van der Waals surface area (Å²) < 4.78 is 94.3. The molecule has 0 spiro atoms. The van der Waals surface area contributed by atoms with Crippen molar-refractivity contribution >= 4 is 0 Å². The fourth-order valence-electron chi connectivity index (χ4n) is 3.26. The molecule has 33 heavy (non-hydrogen) atoms. The lowest BCUT2D eigenvalue weighted by molar-refractivity contribution is -0.0696. The van der Waals surface area contributed by atoms with Crippen molar-refractivity contribution in [2.24, 2.45) is 0 Å². The van der Waals surface area contributed by atoms with Crippen molar-refractivity contribution < 1.29 is 30.7 Å². The largest absolute Gasteiger partial charge is 0.458 e. The average Bonchev–Trinajstić information content (AvgIpc) is 2.72. The molecule has 0 fully saturated rings. The number of hydrogen-bond acceptors (Lipinski definition) is 0. The van der Waals surface area contributed by atoms with Gasteiger partial charge in [-0.1, -0.05) is 42.3 Å². The number of halogens is 7. The molecule has 0 aliphatic carbocycles. The molecule has 7 heteroatoms. The molecule has 0 aliphatic rings. The lowest BCUT2D eigenvalue weighted by Crippen LogP contribution is -2.02. The summed E-state index contributed by atoms with van der Waals surface area (Å²) in [6, 6.07) is 9.67. The van der Waals surface area contributed by atoms with Crippen LogP contribution in [0.3, 0.4) is 0 Å². The molecule has 0 saturated carbocycles. The highest BCUT2D eigenvalue weighted by molar-refractivity contribution is 5.72. The molecule has 0 amide bonds. The Labute approximate surface area is 186 Å². The van der Waals surface area contributed by atoms with Gasteiger partial charge in [-0.05, 0) is 60.7 Å². The molecule has 0 aromatic heterocycles. The fraction of sp³-hybridized carbons (Fsp3) is 0.154. The number of hydrogen-bond donors (Lipinski definition) is 0. The van der Waals surface area contributed by atoms with Crippen LogP contribution in [-0.2, 0) is 6.42 Å². The van der Waals surface area contributed by atoms with Gasteiger partial charge in [0.2, 0.25) is 0 Å². The van der Waals surface area contributed by atoms with Crippen LogP contribution >= 0.6 is 0 Å². The number of alkyl halides is 3. The Kier molecular flexibility index (Phi) is 7.27. The second-order valence-electron chi connectivity index (χ2n) is 7.18. The van der Waals surface area contributed by atoms with Gasteiger partial charge in [-0.3, -0.25) is 0 Å². The van der Waals surface area contributed by atoms with Crippen LogP contribution in [0.4, 0.5) is 30.7 Å². The van der Waals surface area contributed by atoms with E-state index in [-0.39, 0.29) is 22.3 Å². The van der Waals surface area contributed by atoms with E-state index in [0.717, 1.165) is 24.0 Å². The normalized spacial score (nSPS) is 11.5. The van der Waals surface area contributed by atoms with Crippen molar-refractivity contribution in [3.63, 3.8) is 0 Å². The molecule has 0 bridgehead atoms. The van der Waals surface area contributed by atoms with Crippen LogP contribution in [0.2, 0.25) is 0 Å². The Morgan fingerprint density at radius 1 is 0.758 bits per heavy atom. The van der Waals surface area contributed by atoms with Gasteiger partial charge in [0, 0.05) is 17.0 Å². The standard InChI is InChI=1S/C26H17F7/c1-2-3-4-5-16-6-8-19(22(27)12-16)17-7-9-20(23(28)13-17)18-14-24(29)21(25(30)15-18)10-11-26(31,32)33/h2-3,6-9,12-15H,4-5H2,1H3/b3-2+. The minimum Gasteiger partial charge on any atom is -0.206 e. The van der Waals surface area contributed by atoms with E-state index in [1.165, 1.54) is 30.2 Å². The van der Waals surface area contributed by atoms with Gasteiger partial charge in [0.05, 0.1) is 5.56 Å². The molecule has 0 atom stereocenters. The number of benzene rings is 3. The van der Waals surface area contributed by atoms with Gasteiger partial charge < -0.3 is 0 Å². The van der Waals surface area contributed by atoms with E-state index in [4.69, 9.17) is 0 Å². The molecule has 0 N–H and O–H groups in total. The Hall–Kier alpha value is -3.53. The van der Waals surface area contributed by atoms with Crippen LogP contribution in [0.1, 0.15) is 24.5 Å². The van der Waals surface area contributed by atoms with Crippen LogP contribution in [-0.4, -0.2) is 6.18 Å². The molecule has 0 nitrogen and oxygen atoms in total. The lowest BCUT2D eigenvalue weighted by atomic mass is 9.97. The maximum Gasteiger partial charge on any atom is 0.458 e. The van der Waals surface area contributed by atoms with E-state index in [1.54, 1.807) is 6.07 Å². The molecule has 0 aliphatic heterocycles. The van der Waals surface area contributed by atoms with Crippen molar-refractivity contribution in [3.8, 4) is 34.1 Å². The number of aryl methyl sites for hydroxylation is 1. The molecular weight excluding hydrogens is 445 g/mol. The first-order chi connectivity index (χ1) is 15.6. The minimum absolute atomic E-state index is 0.158. The molecular formula is C26H17F7. The van der Waals surface area contributed by atoms with Crippen molar-refractivity contribution in [3.05, 3.63) is 95.1 Å². The zero-order valence-electron chi connectivity index (χ0n) is 17.3. The topological polar surface area (TPSA) is 0 Å². The van der Waals surface area contributed by atoms with E-state index in [0.29, 0.717) is 18.6 Å². The zero-order valence-corrected chi connectivity index (χ0v) is 17.3. The molecule has 3 rings (SSSR count). The van der Waals surface area contributed by atoms with Crippen LogP contribution in [0, 0.1) is 35.1 Å². The Morgan fingerprint density at radius 3 is 1.91 bits per heavy atom. The summed E-state index contributed by atoms with van der Waals surface area (Å²) in [5.41, 5.74) is -0.329. The SMILES string of the molecule is C/C=C/CCc1ccc(-c2ccc(-c3cc(F)c(C#CC(F)(F)F)c(F)c3)c(F)c2)c(F)c1. The van der Waals surface area contributed by atoms with E-state index in [1.807, 2.05) is 19.1 Å². The van der Waals surface area contributed by atoms with Gasteiger partial charge in [0.1, 0.15) is 23.3 Å². The van der Waals surface area contributed by atoms with Gasteiger partial charge >= 0.3 is 6.18 Å². The van der Waals surface area contributed by atoms with Gasteiger partial charge in [-0.25, -0.2) is 17.6 Å². The molecule has 0 saturated heterocycles. The predicted octanol–water partition coefficient (Wildman–Crippen LogP) is 8.00. The summed E-state index contributed by atoms with van der Waals surface area (Å²) in [4.78, 5) is 0. The molecule has 3 aromatic carbocycles. The quantitative estimate of drug-likeness (QED) is 0.205. The van der Waals surface area contributed by atoms with E-state index in [2.05, 4.69) is 0 Å². The van der Waals surface area contributed by atoms with Crippen molar-refractivity contribution in [2.75, 3.05) is 0 Å². The van der Waals surface area contributed by atoms with Crippen LogP contribution < -0.4 is 0 Å². The Balaban J connectivity index is 1.92. The van der Waals surface area contributed by atoms with E-state index in [9.17, 15) is 30.7 Å². The Bertz CT molecular complexity index is 1230. The van der Waals surface area contributed by atoms with Crippen LogP contribution in [0.15, 0.2) is 60.7 Å². The summed E-state index contributed by atoms with van der Waals surface area (Å²) in [5, 5.41) is 0. The lowest BCUT2D eigenvalue weighted by Gasteiger charge is -2.10. The monoisotopic (exact) mass is 462 g/mol. The Morgan fingerprint density at radius 2 is 1.33 bits per heavy atom. The first kappa shape index (κ1) is 24.1. The number of allylic oxidation sites excluding steroid dienone is 2. The summed E-state index contributed by atoms with van der Waals surface area (Å²) >= 11 is 0. The number of rotatable bonds is 5. The molecule has 3 aromatic rings. The smallest absolute Gasteiger partial charge is 0.206 e. The zero-order chi connectivity index (χ0) is 24.2. The van der Waals surface area contributed by atoms with Gasteiger partial charge in [-0.15, -0.1) is 0 Å². The summed E-state index contributed by atoms with van der Waals surface area (Å²) in [5.74, 6) is -1.92. The molecule has 0 unspecified atom stereocenters. The second kappa shape index (κ2) is 9.95. The predicted molar refractivity (Wildman–Crippen MR) is 113 cm³/mol. The van der Waals surface area contributed by atoms with Crippen LogP contribution in [0.25, 0.3) is 22.3 Å². The first-order valence-electron chi connectivity index (χ1n) is 9.88.